The van der Waals surface area contributed by atoms with Crippen LogP contribution in [-0.4, -0.2) is 47.7 Å². The van der Waals surface area contributed by atoms with Crippen LogP contribution < -0.4 is 5.32 Å². The molecule has 0 aromatic carbocycles. The van der Waals surface area contributed by atoms with Crippen molar-refractivity contribution in [2.45, 2.75) is 24.9 Å². The second-order valence-corrected chi connectivity index (χ2v) is 3.96. The molecule has 2 heterocycles. The average Bonchev–Trinajstić information content (AvgIpc) is 2.02. The van der Waals surface area contributed by atoms with E-state index < -0.39 is 5.60 Å². The maximum atomic E-state index is 11.7. The number of piperidine rings is 1. The van der Waals surface area contributed by atoms with Crippen LogP contribution in [0.1, 0.15) is 19.3 Å². The van der Waals surface area contributed by atoms with E-state index in [1.165, 1.54) is 0 Å². The molecule has 0 radical (unpaired) electrons. The lowest BCUT2D eigenvalue weighted by atomic mass is 9.91. The number of likely N-dealkylation sites (tertiary alicyclic amines) is 1. The van der Waals surface area contributed by atoms with Crippen molar-refractivity contribution >= 4 is 5.91 Å². The molecule has 2 aliphatic heterocycles. The Morgan fingerprint density at radius 1 is 1.38 bits per heavy atom. The molecule has 1 atom stereocenters. The first-order valence-electron chi connectivity index (χ1n) is 4.95. The van der Waals surface area contributed by atoms with Crippen molar-refractivity contribution in [1.82, 2.24) is 10.2 Å². The lowest BCUT2D eigenvalue weighted by molar-refractivity contribution is -0.156. The van der Waals surface area contributed by atoms with Gasteiger partial charge in [-0.05, 0) is 25.8 Å². The molecule has 4 heteroatoms. The number of rotatable bonds is 1. The summed E-state index contributed by atoms with van der Waals surface area (Å²) in [4.78, 5) is 13.5. The standard InChI is InChI=1S/C9H16N2O2/c12-8(11-5-2-6-11)9(13)3-1-4-10-7-9/h10,13H,1-7H2. The molecule has 2 rings (SSSR count). The number of hydrogen-bond donors (Lipinski definition) is 2. The molecule has 4 nitrogen and oxygen atoms in total. The van der Waals surface area contributed by atoms with Gasteiger partial charge in [-0.15, -0.1) is 0 Å². The van der Waals surface area contributed by atoms with E-state index in [0.29, 0.717) is 13.0 Å². The quantitative estimate of drug-likeness (QED) is 0.568. The van der Waals surface area contributed by atoms with E-state index in [4.69, 9.17) is 0 Å². The number of aliphatic hydroxyl groups is 1. The minimum Gasteiger partial charge on any atom is -0.379 e. The minimum atomic E-state index is -1.11. The second-order valence-electron chi connectivity index (χ2n) is 3.96. The number of carbonyl (C=O) groups is 1. The zero-order chi connectivity index (χ0) is 9.31. The zero-order valence-corrected chi connectivity index (χ0v) is 7.75. The van der Waals surface area contributed by atoms with Gasteiger partial charge in [-0.25, -0.2) is 0 Å². The number of hydrogen-bond acceptors (Lipinski definition) is 3. The fourth-order valence-corrected chi connectivity index (χ4v) is 1.89. The van der Waals surface area contributed by atoms with E-state index in [1.807, 2.05) is 0 Å². The summed E-state index contributed by atoms with van der Waals surface area (Å²) in [5.41, 5.74) is -1.11. The Morgan fingerprint density at radius 2 is 2.15 bits per heavy atom. The number of nitrogens with zero attached hydrogens (tertiary/aromatic N) is 1. The Bertz CT molecular complexity index is 208. The maximum Gasteiger partial charge on any atom is 0.255 e. The Kier molecular flexibility index (Phi) is 2.26. The van der Waals surface area contributed by atoms with Crippen LogP contribution in [0, 0.1) is 0 Å². The Labute approximate surface area is 77.9 Å². The van der Waals surface area contributed by atoms with Crippen LogP contribution in [0.3, 0.4) is 0 Å². The van der Waals surface area contributed by atoms with Crippen molar-refractivity contribution in [3.05, 3.63) is 0 Å². The third kappa shape index (κ3) is 1.56. The predicted octanol–water partition coefficient (Wildman–Crippen LogP) is -0.667. The minimum absolute atomic E-state index is 0.0778. The molecule has 2 N–H and O–H groups in total. The SMILES string of the molecule is O=C(N1CCC1)C1(O)CCCNC1. The summed E-state index contributed by atoms with van der Waals surface area (Å²) in [5.74, 6) is -0.0778. The van der Waals surface area contributed by atoms with Crippen LogP contribution in [0.15, 0.2) is 0 Å². The van der Waals surface area contributed by atoms with Gasteiger partial charge in [-0.2, -0.15) is 0 Å². The van der Waals surface area contributed by atoms with Crippen LogP contribution in [0.4, 0.5) is 0 Å². The van der Waals surface area contributed by atoms with Crippen molar-refractivity contribution < 1.29 is 9.90 Å². The van der Waals surface area contributed by atoms with Crippen molar-refractivity contribution in [2.24, 2.45) is 0 Å². The number of carbonyl (C=O) groups excluding carboxylic acids is 1. The van der Waals surface area contributed by atoms with E-state index in [9.17, 15) is 9.90 Å². The van der Waals surface area contributed by atoms with Gasteiger partial charge in [0.1, 0.15) is 0 Å². The molecular weight excluding hydrogens is 168 g/mol. The first-order chi connectivity index (χ1) is 6.22. The normalized spacial score (nSPS) is 34.1. The second kappa shape index (κ2) is 3.27. The lowest BCUT2D eigenvalue weighted by Gasteiger charge is -2.40. The molecule has 0 aliphatic carbocycles. The Morgan fingerprint density at radius 3 is 2.62 bits per heavy atom. The Hall–Kier alpha value is -0.610. The van der Waals surface area contributed by atoms with Crippen molar-refractivity contribution in [2.75, 3.05) is 26.2 Å². The smallest absolute Gasteiger partial charge is 0.255 e. The highest BCUT2D eigenvalue weighted by Crippen LogP contribution is 2.21. The van der Waals surface area contributed by atoms with Gasteiger partial charge >= 0.3 is 0 Å². The Balaban J connectivity index is 1.99. The van der Waals surface area contributed by atoms with E-state index in [2.05, 4.69) is 5.32 Å². The highest BCUT2D eigenvalue weighted by Gasteiger charge is 2.41. The fourth-order valence-electron chi connectivity index (χ4n) is 1.89. The molecule has 0 bridgehead atoms. The summed E-state index contributed by atoms with van der Waals surface area (Å²) >= 11 is 0. The van der Waals surface area contributed by atoms with Crippen LogP contribution in [-0.2, 0) is 4.79 Å². The molecule has 0 aromatic rings. The molecule has 2 fully saturated rings. The van der Waals surface area contributed by atoms with Gasteiger partial charge in [0.2, 0.25) is 0 Å². The molecule has 1 amide bonds. The fraction of sp³-hybridized carbons (Fsp3) is 0.889. The van der Waals surface area contributed by atoms with Gasteiger partial charge in [-0.1, -0.05) is 0 Å². The summed E-state index contributed by atoms with van der Waals surface area (Å²) in [6.07, 6.45) is 2.57. The van der Waals surface area contributed by atoms with Crippen molar-refractivity contribution in [3.63, 3.8) is 0 Å². The average molecular weight is 184 g/mol. The maximum absolute atomic E-state index is 11.7. The molecule has 13 heavy (non-hydrogen) atoms. The van der Waals surface area contributed by atoms with E-state index in [-0.39, 0.29) is 5.91 Å². The van der Waals surface area contributed by atoms with Crippen LogP contribution in [0.5, 0.6) is 0 Å². The van der Waals surface area contributed by atoms with Gasteiger partial charge < -0.3 is 15.3 Å². The van der Waals surface area contributed by atoms with E-state index in [1.54, 1.807) is 4.90 Å². The number of amides is 1. The first-order valence-corrected chi connectivity index (χ1v) is 4.95. The van der Waals surface area contributed by atoms with Crippen molar-refractivity contribution in [1.29, 1.82) is 0 Å². The van der Waals surface area contributed by atoms with Gasteiger partial charge in [-0.3, -0.25) is 4.79 Å². The highest BCUT2D eigenvalue weighted by atomic mass is 16.3. The third-order valence-electron chi connectivity index (χ3n) is 2.90. The van der Waals surface area contributed by atoms with Gasteiger partial charge in [0, 0.05) is 19.6 Å². The first kappa shape index (κ1) is 8.97. The van der Waals surface area contributed by atoms with Crippen LogP contribution >= 0.6 is 0 Å². The summed E-state index contributed by atoms with van der Waals surface area (Å²) in [7, 11) is 0. The van der Waals surface area contributed by atoms with Gasteiger partial charge in [0.05, 0.1) is 0 Å². The molecule has 2 aliphatic rings. The molecule has 2 saturated heterocycles. The summed E-state index contributed by atoms with van der Waals surface area (Å²) in [6, 6.07) is 0. The highest BCUT2D eigenvalue weighted by molar-refractivity contribution is 5.86. The molecule has 0 spiro atoms. The van der Waals surface area contributed by atoms with Crippen LogP contribution in [0.2, 0.25) is 0 Å². The molecular formula is C9H16N2O2. The predicted molar refractivity (Wildman–Crippen MR) is 48.3 cm³/mol. The number of β-amino-alcohol motifs (C(OH)–C–C–N with tert-alkyl or cyclic N) is 1. The van der Waals surface area contributed by atoms with E-state index in [0.717, 1.165) is 32.5 Å². The zero-order valence-electron chi connectivity index (χ0n) is 7.75. The molecule has 1 unspecified atom stereocenters. The summed E-state index contributed by atoms with van der Waals surface area (Å²) in [6.45, 7) is 2.97. The monoisotopic (exact) mass is 184 g/mol. The van der Waals surface area contributed by atoms with E-state index >= 15 is 0 Å². The summed E-state index contributed by atoms with van der Waals surface area (Å²) in [5, 5.41) is 13.1. The summed E-state index contributed by atoms with van der Waals surface area (Å²) < 4.78 is 0. The van der Waals surface area contributed by atoms with Gasteiger partial charge in [0.25, 0.3) is 5.91 Å². The molecule has 0 saturated carbocycles. The number of nitrogens with one attached hydrogen (secondary N) is 1. The largest absolute Gasteiger partial charge is 0.379 e. The third-order valence-corrected chi connectivity index (χ3v) is 2.90. The van der Waals surface area contributed by atoms with Crippen LogP contribution in [0.25, 0.3) is 0 Å². The van der Waals surface area contributed by atoms with Crippen molar-refractivity contribution in [3.8, 4) is 0 Å². The van der Waals surface area contributed by atoms with Gasteiger partial charge in [0.15, 0.2) is 5.60 Å². The topological polar surface area (TPSA) is 52.6 Å². The molecule has 74 valence electrons. The lowest BCUT2D eigenvalue weighted by Crippen LogP contribution is -2.59. The molecule has 0 aromatic heterocycles.